The van der Waals surface area contributed by atoms with E-state index >= 15 is 0 Å². The van der Waals surface area contributed by atoms with Crippen LogP contribution in [0.2, 0.25) is 0 Å². The maximum atomic E-state index is 11.6. The van der Waals surface area contributed by atoms with Gasteiger partial charge >= 0.3 is 5.97 Å². The Kier molecular flexibility index (Phi) is 3.90. The monoisotopic (exact) mass is 352 g/mol. The van der Waals surface area contributed by atoms with E-state index in [-0.39, 0.29) is 47.9 Å². The first-order valence-electron chi connectivity index (χ1n) is 9.87. The summed E-state index contributed by atoms with van der Waals surface area (Å²) in [5, 5.41) is 0. The highest BCUT2D eigenvalue weighted by Crippen LogP contribution is 2.55. The largest absolute Gasteiger partial charge is 0.469 e. The zero-order chi connectivity index (χ0) is 17.1. The highest BCUT2D eigenvalue weighted by Gasteiger charge is 2.65. The van der Waals surface area contributed by atoms with E-state index in [0.717, 1.165) is 38.5 Å². The van der Waals surface area contributed by atoms with Crippen molar-refractivity contribution in [1.29, 1.82) is 0 Å². The molecular formula is C19H28O6. The summed E-state index contributed by atoms with van der Waals surface area (Å²) in [7, 11) is 1.43. The Balaban J connectivity index is 1.33. The lowest BCUT2D eigenvalue weighted by molar-refractivity contribution is -0.216. The van der Waals surface area contributed by atoms with Gasteiger partial charge in [0, 0.05) is 25.7 Å². The molecule has 6 heteroatoms. The van der Waals surface area contributed by atoms with E-state index in [1.54, 1.807) is 0 Å². The first-order chi connectivity index (χ1) is 12.1. The molecule has 2 spiro atoms. The molecule has 1 unspecified atom stereocenters. The van der Waals surface area contributed by atoms with Gasteiger partial charge in [0.05, 0.1) is 43.5 Å². The van der Waals surface area contributed by atoms with Gasteiger partial charge in [0.25, 0.3) is 0 Å². The van der Waals surface area contributed by atoms with Crippen LogP contribution in [0.1, 0.15) is 64.2 Å². The number of rotatable bonds is 2. The molecule has 0 amide bonds. The molecule has 6 atom stereocenters. The third-order valence-corrected chi connectivity index (χ3v) is 6.86. The molecule has 25 heavy (non-hydrogen) atoms. The maximum absolute atomic E-state index is 11.6. The van der Waals surface area contributed by atoms with Crippen LogP contribution in [0.5, 0.6) is 0 Å². The van der Waals surface area contributed by atoms with Crippen LogP contribution in [-0.2, 0) is 28.5 Å². The Bertz CT molecular complexity index is 544. The van der Waals surface area contributed by atoms with Gasteiger partial charge in [0.15, 0.2) is 5.79 Å². The fourth-order valence-electron chi connectivity index (χ4n) is 5.74. The van der Waals surface area contributed by atoms with Crippen LogP contribution in [-0.4, -0.2) is 55.0 Å². The van der Waals surface area contributed by atoms with Crippen LogP contribution in [0.25, 0.3) is 0 Å². The second kappa shape index (κ2) is 5.91. The van der Waals surface area contributed by atoms with Crippen LogP contribution in [0.4, 0.5) is 0 Å². The molecule has 0 aromatic rings. The minimum absolute atomic E-state index is 0.0389. The highest BCUT2D eigenvalue weighted by molar-refractivity contribution is 5.69. The molecule has 6 nitrogen and oxygen atoms in total. The molecule has 0 N–H and O–H groups in total. The second-order valence-electron chi connectivity index (χ2n) is 8.44. The number of ether oxygens (including phenoxy) is 5. The Morgan fingerprint density at radius 3 is 2.64 bits per heavy atom. The van der Waals surface area contributed by atoms with Gasteiger partial charge in [-0.1, -0.05) is 6.42 Å². The van der Waals surface area contributed by atoms with Crippen LogP contribution in [0.3, 0.4) is 0 Å². The summed E-state index contributed by atoms with van der Waals surface area (Å²) >= 11 is 0. The zero-order valence-electron chi connectivity index (χ0n) is 14.9. The number of hydrogen-bond acceptors (Lipinski definition) is 6. The zero-order valence-corrected chi connectivity index (χ0v) is 14.9. The summed E-state index contributed by atoms with van der Waals surface area (Å²) in [4.78, 5) is 11.6. The SMILES string of the molecule is COC(=O)C[C@H]1CC[C@@H]2O[C@H]3C[C@]2(C[C@H]2OC4(CCCCC4)OC32)O1. The van der Waals surface area contributed by atoms with Gasteiger partial charge in [-0.25, -0.2) is 0 Å². The highest BCUT2D eigenvalue weighted by atomic mass is 16.8. The van der Waals surface area contributed by atoms with Crippen molar-refractivity contribution < 1.29 is 28.5 Å². The number of hydrogen-bond donors (Lipinski definition) is 0. The van der Waals surface area contributed by atoms with Gasteiger partial charge < -0.3 is 23.7 Å². The van der Waals surface area contributed by atoms with Crippen molar-refractivity contribution in [2.24, 2.45) is 0 Å². The average molecular weight is 352 g/mol. The Hall–Kier alpha value is -0.690. The molecule has 140 valence electrons. The van der Waals surface area contributed by atoms with Gasteiger partial charge in [-0.3, -0.25) is 4.79 Å². The lowest BCUT2D eigenvalue weighted by Crippen LogP contribution is -2.54. The molecule has 0 aromatic heterocycles. The van der Waals surface area contributed by atoms with E-state index in [0.29, 0.717) is 6.42 Å². The molecule has 2 aliphatic carbocycles. The topological polar surface area (TPSA) is 63.2 Å². The van der Waals surface area contributed by atoms with Crippen LogP contribution < -0.4 is 0 Å². The first-order valence-corrected chi connectivity index (χ1v) is 9.87. The first kappa shape index (κ1) is 16.5. The molecule has 5 rings (SSSR count). The van der Waals surface area contributed by atoms with Gasteiger partial charge in [-0.05, 0) is 25.7 Å². The summed E-state index contributed by atoms with van der Waals surface area (Å²) in [6.45, 7) is 0. The molecule has 3 saturated heterocycles. The fraction of sp³-hybridized carbons (Fsp3) is 0.947. The molecular weight excluding hydrogens is 324 g/mol. The second-order valence-corrected chi connectivity index (χ2v) is 8.44. The van der Waals surface area contributed by atoms with Crippen LogP contribution in [0.15, 0.2) is 0 Å². The van der Waals surface area contributed by atoms with Crippen molar-refractivity contribution in [1.82, 2.24) is 0 Å². The predicted molar refractivity (Wildman–Crippen MR) is 86.9 cm³/mol. The third-order valence-electron chi connectivity index (χ3n) is 6.86. The molecule has 0 aromatic carbocycles. The van der Waals surface area contributed by atoms with E-state index in [2.05, 4.69) is 0 Å². The van der Waals surface area contributed by atoms with Crippen molar-refractivity contribution in [2.75, 3.05) is 7.11 Å². The van der Waals surface area contributed by atoms with Crippen molar-refractivity contribution >= 4 is 5.97 Å². The Morgan fingerprint density at radius 2 is 1.84 bits per heavy atom. The van der Waals surface area contributed by atoms with Crippen molar-refractivity contribution in [3.05, 3.63) is 0 Å². The maximum Gasteiger partial charge on any atom is 0.308 e. The summed E-state index contributed by atoms with van der Waals surface area (Å²) in [5.74, 6) is -0.584. The quantitative estimate of drug-likeness (QED) is 0.712. The van der Waals surface area contributed by atoms with Gasteiger partial charge in [0.1, 0.15) is 6.10 Å². The number of esters is 1. The summed E-state index contributed by atoms with van der Waals surface area (Å²) in [6.07, 6.45) is 9.57. The fourth-order valence-corrected chi connectivity index (χ4v) is 5.74. The standard InChI is InChI=1S/C19H28O6/c1-21-16(20)9-12-5-6-15-18(23-12)10-13(22-15)17-14(11-18)24-19(25-17)7-3-2-4-8-19/h12-15,17H,2-11H2,1H3/t12-,13+,14-,15+,17?,18-/m1/s1. The average Bonchev–Trinajstić information content (AvgIpc) is 3.11. The molecule has 5 aliphatic rings. The van der Waals surface area contributed by atoms with Crippen molar-refractivity contribution in [3.8, 4) is 0 Å². The third kappa shape index (κ3) is 2.64. The minimum atomic E-state index is -0.381. The van der Waals surface area contributed by atoms with E-state index in [9.17, 15) is 4.79 Å². The predicted octanol–water partition coefficient (Wildman–Crippen LogP) is 2.47. The molecule has 5 fully saturated rings. The van der Waals surface area contributed by atoms with Gasteiger partial charge in [-0.2, -0.15) is 0 Å². The number of carbonyl (C=O) groups excluding carboxylic acids is 1. The Labute approximate surface area is 148 Å². The summed E-state index contributed by atoms with van der Waals surface area (Å²) in [5.41, 5.74) is -0.313. The van der Waals surface area contributed by atoms with E-state index in [1.165, 1.54) is 26.4 Å². The van der Waals surface area contributed by atoms with E-state index < -0.39 is 0 Å². The molecule has 3 aliphatic heterocycles. The van der Waals surface area contributed by atoms with Gasteiger partial charge in [-0.15, -0.1) is 0 Å². The smallest absolute Gasteiger partial charge is 0.308 e. The van der Waals surface area contributed by atoms with Crippen molar-refractivity contribution in [3.63, 3.8) is 0 Å². The molecule has 3 heterocycles. The normalized spacial score (nSPS) is 47.3. The number of carbonyl (C=O) groups is 1. The van der Waals surface area contributed by atoms with Crippen LogP contribution >= 0.6 is 0 Å². The Morgan fingerprint density at radius 1 is 1.04 bits per heavy atom. The van der Waals surface area contributed by atoms with Gasteiger partial charge in [0.2, 0.25) is 0 Å². The number of methoxy groups -OCH3 is 1. The van der Waals surface area contributed by atoms with Crippen LogP contribution in [0, 0.1) is 0 Å². The summed E-state index contributed by atoms with van der Waals surface area (Å²) in [6, 6.07) is 0. The molecule has 2 bridgehead atoms. The number of fused-ring (bicyclic) bond motifs is 3. The van der Waals surface area contributed by atoms with E-state index in [1.807, 2.05) is 0 Å². The minimum Gasteiger partial charge on any atom is -0.469 e. The van der Waals surface area contributed by atoms with E-state index in [4.69, 9.17) is 23.7 Å². The lowest BCUT2D eigenvalue weighted by atomic mass is 9.76. The molecule has 2 saturated carbocycles. The summed E-state index contributed by atoms with van der Waals surface area (Å²) < 4.78 is 30.6. The molecule has 0 radical (unpaired) electrons. The lowest BCUT2D eigenvalue weighted by Gasteiger charge is -2.44. The van der Waals surface area contributed by atoms with Crippen molar-refractivity contribution in [2.45, 2.75) is 106 Å².